The molecule has 2 atom stereocenters. The average Bonchev–Trinajstić information content (AvgIpc) is 3.55. The first-order valence-electron chi connectivity index (χ1n) is 11.3. The van der Waals surface area contributed by atoms with E-state index < -0.39 is 6.03 Å². The van der Waals surface area contributed by atoms with Crippen LogP contribution in [0.25, 0.3) is 16.9 Å². The Kier molecular flexibility index (Phi) is 7.84. The van der Waals surface area contributed by atoms with Gasteiger partial charge in [0.1, 0.15) is 17.1 Å². The lowest BCUT2D eigenvalue weighted by molar-refractivity contribution is 0.0695. The van der Waals surface area contributed by atoms with Crippen molar-refractivity contribution in [3.05, 3.63) is 60.2 Å². The van der Waals surface area contributed by atoms with Crippen LogP contribution < -0.4 is 10.5 Å². The quantitative estimate of drug-likeness (QED) is 0.567. The van der Waals surface area contributed by atoms with Crippen molar-refractivity contribution < 1.29 is 14.6 Å². The number of hydrogen-bond donors (Lipinski definition) is 2. The number of aliphatic hydroxyl groups excluding tert-OH is 1. The van der Waals surface area contributed by atoms with Crippen molar-refractivity contribution in [2.45, 2.75) is 37.8 Å². The third-order valence-electron chi connectivity index (χ3n) is 5.90. The Balaban J connectivity index is 0.000000271. The van der Waals surface area contributed by atoms with Gasteiger partial charge in [0.2, 0.25) is 0 Å². The maximum Gasteiger partial charge on any atom is 0.320 e. The molecule has 0 radical (unpaired) electrons. The van der Waals surface area contributed by atoms with Gasteiger partial charge in [0.15, 0.2) is 0 Å². The van der Waals surface area contributed by atoms with E-state index in [4.69, 9.17) is 27.2 Å². The number of nitrogens with zero attached hydrogens (tertiary/aromatic N) is 6. The van der Waals surface area contributed by atoms with Crippen molar-refractivity contribution in [3.8, 4) is 22.7 Å². The van der Waals surface area contributed by atoms with Gasteiger partial charge in [-0.15, -0.1) is 0 Å². The summed E-state index contributed by atoms with van der Waals surface area (Å²) < 4.78 is 9.16. The van der Waals surface area contributed by atoms with E-state index in [0.29, 0.717) is 17.3 Å². The lowest BCUT2D eigenvalue weighted by Crippen LogP contribution is -2.35. The van der Waals surface area contributed by atoms with Crippen LogP contribution in [-0.2, 0) is 0 Å². The molecule has 35 heavy (non-hydrogen) atoms. The van der Waals surface area contributed by atoms with E-state index in [1.807, 2.05) is 35.3 Å². The van der Waals surface area contributed by atoms with Gasteiger partial charge in [-0.05, 0) is 43.2 Å². The molecule has 11 heteroatoms. The fourth-order valence-corrected chi connectivity index (χ4v) is 4.29. The zero-order valence-corrected chi connectivity index (χ0v) is 20.1. The van der Waals surface area contributed by atoms with Crippen LogP contribution in [0.15, 0.2) is 60.1 Å². The fraction of sp³-hybridized carbons (Fsp3) is 0.333. The molecular weight excluding hydrogens is 470 g/mol. The number of urea groups is 1. The van der Waals surface area contributed by atoms with Gasteiger partial charge >= 0.3 is 6.03 Å². The van der Waals surface area contributed by atoms with Crippen molar-refractivity contribution >= 4 is 24.0 Å². The smallest absolute Gasteiger partial charge is 0.320 e. The van der Waals surface area contributed by atoms with Gasteiger partial charge in [-0.2, -0.15) is 10.2 Å². The monoisotopic (exact) mass is 497 g/mol. The minimum atomic E-state index is -0.469. The second kappa shape index (κ2) is 11.2. The van der Waals surface area contributed by atoms with E-state index in [1.165, 1.54) is 11.2 Å². The summed E-state index contributed by atoms with van der Waals surface area (Å²) in [5.41, 5.74) is 7.28. The second-order valence-corrected chi connectivity index (χ2v) is 8.63. The maximum absolute atomic E-state index is 10.4. The molecule has 3 N–H and O–H groups in total. The van der Waals surface area contributed by atoms with Crippen LogP contribution in [0.1, 0.15) is 31.7 Å². The molecule has 5 rings (SSSR count). The van der Waals surface area contributed by atoms with Crippen LogP contribution in [-0.4, -0.2) is 61.7 Å². The van der Waals surface area contributed by atoms with Gasteiger partial charge in [0, 0.05) is 35.7 Å². The number of aliphatic imine (C=N–C) groups is 1. The van der Waals surface area contributed by atoms with E-state index in [-0.39, 0.29) is 12.1 Å². The number of carbonyl (C=O) groups excluding carboxylic acids is 1. The molecule has 0 unspecified atom stereocenters. The number of rotatable bonds is 4. The van der Waals surface area contributed by atoms with Gasteiger partial charge < -0.3 is 15.6 Å². The number of ether oxygens (including phenoxy) is 1. The molecule has 1 aliphatic carbocycles. The van der Waals surface area contributed by atoms with Crippen LogP contribution >= 0.6 is 11.6 Å². The number of nitrogens with two attached hydrogens (primary N) is 1. The Bertz CT molecular complexity index is 1210. The highest BCUT2D eigenvalue weighted by atomic mass is 35.5. The van der Waals surface area contributed by atoms with Gasteiger partial charge in [0.25, 0.3) is 0 Å². The molecule has 1 aromatic carbocycles. The molecule has 3 heterocycles. The normalized spacial score (nSPS) is 19.2. The predicted molar refractivity (Wildman–Crippen MR) is 134 cm³/mol. The Morgan fingerprint density at radius 2 is 2.11 bits per heavy atom. The summed E-state index contributed by atoms with van der Waals surface area (Å²) >= 11 is 6.23. The molecule has 0 bridgehead atoms. The number of methoxy groups -OCH3 is 1. The van der Waals surface area contributed by atoms with Crippen LogP contribution in [0.2, 0.25) is 5.02 Å². The van der Waals surface area contributed by atoms with Crippen LogP contribution in [0, 0.1) is 0 Å². The molecule has 2 aromatic heterocycles. The average molecular weight is 498 g/mol. The van der Waals surface area contributed by atoms with E-state index in [2.05, 4.69) is 10.1 Å². The van der Waals surface area contributed by atoms with Gasteiger partial charge in [0.05, 0.1) is 31.8 Å². The first-order chi connectivity index (χ1) is 17.0. The Morgan fingerprint density at radius 1 is 1.29 bits per heavy atom. The highest BCUT2D eigenvalue weighted by Gasteiger charge is 2.28. The van der Waals surface area contributed by atoms with Crippen LogP contribution in [0.4, 0.5) is 4.79 Å². The molecule has 3 aromatic rings. The number of halogens is 1. The zero-order valence-electron chi connectivity index (χ0n) is 19.4. The largest absolute Gasteiger partial charge is 0.496 e. The lowest BCUT2D eigenvalue weighted by atomic mass is 9.93. The van der Waals surface area contributed by atoms with Gasteiger partial charge in [-0.3, -0.25) is 9.58 Å². The predicted octanol–water partition coefficient (Wildman–Crippen LogP) is 3.80. The van der Waals surface area contributed by atoms with Crippen molar-refractivity contribution in [3.63, 3.8) is 0 Å². The Labute approximate surface area is 208 Å². The number of hydrogen-bond acceptors (Lipinski definition) is 6. The van der Waals surface area contributed by atoms with E-state index in [9.17, 15) is 9.90 Å². The first kappa shape index (κ1) is 24.5. The third kappa shape index (κ3) is 5.72. The Morgan fingerprint density at radius 3 is 2.74 bits per heavy atom. The van der Waals surface area contributed by atoms with Crippen molar-refractivity contribution in [1.82, 2.24) is 24.5 Å². The molecular formula is C24H28ClN7O3. The fourth-order valence-electron chi connectivity index (χ4n) is 4.12. The molecule has 2 aliphatic rings. The summed E-state index contributed by atoms with van der Waals surface area (Å²) in [6.07, 6.45) is 13.8. The SMILES string of the molecule is COc1ccc(Cl)cc1-c1nn([C@@H]2CCCC[C@@H]2O)cc1-n1cccn1.NC(=O)N1C=NC=CC1. The molecule has 0 spiro atoms. The van der Waals surface area contributed by atoms with Gasteiger partial charge in [-0.1, -0.05) is 24.4 Å². The molecule has 1 fully saturated rings. The minimum absolute atomic E-state index is 0.0306. The number of primary amides is 1. The first-order valence-corrected chi connectivity index (χ1v) is 11.7. The minimum Gasteiger partial charge on any atom is -0.496 e. The Hall–Kier alpha value is -3.63. The van der Waals surface area contributed by atoms with E-state index in [1.54, 1.807) is 36.3 Å². The number of aromatic nitrogens is 4. The molecule has 1 aliphatic heterocycles. The highest BCUT2D eigenvalue weighted by Crippen LogP contribution is 2.37. The lowest BCUT2D eigenvalue weighted by Gasteiger charge is -2.27. The summed E-state index contributed by atoms with van der Waals surface area (Å²) in [5, 5.41) is 20.2. The van der Waals surface area contributed by atoms with Crippen LogP contribution in [0.5, 0.6) is 5.75 Å². The van der Waals surface area contributed by atoms with Gasteiger partial charge in [-0.25, -0.2) is 14.5 Å². The molecule has 184 valence electrons. The standard InChI is InChI=1S/C19H21ClN4O2.C5H7N3O/c1-26-18-8-7-13(20)11-14(18)19-16(23-10-4-9-21-23)12-24(22-19)15-5-2-3-6-17(15)25;6-5(9)8-3-1-2-7-4-8/h4,7-12,15,17,25H,2-3,5-6H2,1H3;1-2,4H,3H2,(H2,6,9)/t15-,17+;/m1./s1. The summed E-state index contributed by atoms with van der Waals surface area (Å²) in [5.74, 6) is 0.692. The second-order valence-electron chi connectivity index (χ2n) is 8.20. The van der Waals surface area contributed by atoms with E-state index >= 15 is 0 Å². The molecule has 2 amide bonds. The molecule has 1 saturated carbocycles. The zero-order chi connectivity index (χ0) is 24.8. The summed E-state index contributed by atoms with van der Waals surface area (Å²) in [7, 11) is 1.63. The maximum atomic E-state index is 10.4. The third-order valence-corrected chi connectivity index (χ3v) is 6.13. The highest BCUT2D eigenvalue weighted by molar-refractivity contribution is 6.31. The topological polar surface area (TPSA) is 124 Å². The molecule has 0 saturated heterocycles. The molecule has 10 nitrogen and oxygen atoms in total. The van der Waals surface area contributed by atoms with Crippen LogP contribution in [0.3, 0.4) is 0 Å². The van der Waals surface area contributed by atoms with Crippen molar-refractivity contribution in [2.75, 3.05) is 13.7 Å². The summed E-state index contributed by atoms with van der Waals surface area (Å²) in [6.45, 7) is 0.527. The number of aliphatic hydroxyl groups is 1. The van der Waals surface area contributed by atoms with Crippen molar-refractivity contribution in [1.29, 1.82) is 0 Å². The number of carbonyl (C=O) groups is 1. The summed E-state index contributed by atoms with van der Waals surface area (Å²) in [6, 6.07) is 6.83. The number of amides is 2. The number of benzene rings is 1. The van der Waals surface area contributed by atoms with Crippen molar-refractivity contribution in [2.24, 2.45) is 10.7 Å². The van der Waals surface area contributed by atoms with E-state index in [0.717, 1.165) is 42.6 Å². The summed E-state index contributed by atoms with van der Waals surface area (Å²) in [4.78, 5) is 15.4.